The lowest BCUT2D eigenvalue weighted by atomic mass is 9.90. The summed E-state index contributed by atoms with van der Waals surface area (Å²) in [5.74, 6) is -0.835. The second-order valence-electron chi connectivity index (χ2n) is 5.80. The number of primary amides is 1. The lowest BCUT2D eigenvalue weighted by Gasteiger charge is -2.36. The topological polar surface area (TPSA) is 88.6 Å². The van der Waals surface area contributed by atoms with Gasteiger partial charge < -0.3 is 20.3 Å². The molecular weight excluding hydrogens is 294 g/mol. The van der Waals surface area contributed by atoms with Crippen LogP contribution in [-0.2, 0) is 4.79 Å². The highest BCUT2D eigenvalue weighted by atomic mass is 16.3. The predicted octanol–water partition coefficient (Wildman–Crippen LogP) is 0.930. The lowest BCUT2D eigenvalue weighted by molar-refractivity contribution is -0.140. The molecule has 0 saturated carbocycles. The van der Waals surface area contributed by atoms with E-state index in [1.807, 2.05) is 47.3 Å². The molecule has 2 amide bonds. The molecule has 6 nitrogen and oxygen atoms in total. The van der Waals surface area contributed by atoms with E-state index in [9.17, 15) is 14.7 Å². The Kier molecular flexibility index (Phi) is 3.92. The minimum Gasteiger partial charge on any atom is -0.380 e. The molecule has 1 aliphatic rings. The summed E-state index contributed by atoms with van der Waals surface area (Å²) in [5.41, 5.74) is 5.12. The predicted molar refractivity (Wildman–Crippen MR) is 85.1 cm³/mol. The highest BCUT2D eigenvalue weighted by molar-refractivity contribution is 5.98. The molecular formula is C17H19N3O3. The monoisotopic (exact) mass is 313 g/mol. The first kappa shape index (κ1) is 15.3. The van der Waals surface area contributed by atoms with E-state index >= 15 is 0 Å². The van der Waals surface area contributed by atoms with Crippen molar-refractivity contribution in [3.63, 3.8) is 0 Å². The number of rotatable bonds is 3. The summed E-state index contributed by atoms with van der Waals surface area (Å²) in [6.45, 7) is 0.608. The van der Waals surface area contributed by atoms with Gasteiger partial charge in [0.05, 0.1) is 11.3 Å². The minimum atomic E-state index is -1.50. The fourth-order valence-electron chi connectivity index (χ4n) is 2.87. The SMILES string of the molecule is NC(=O)C1(O)CCN(C(=O)c2ccccc2-n2cccc2)CC1. The van der Waals surface area contributed by atoms with Gasteiger partial charge in [-0.2, -0.15) is 0 Å². The molecule has 0 atom stereocenters. The molecule has 0 bridgehead atoms. The summed E-state index contributed by atoms with van der Waals surface area (Å²) in [7, 11) is 0. The molecule has 0 radical (unpaired) electrons. The first-order valence-corrected chi connectivity index (χ1v) is 7.55. The van der Waals surface area contributed by atoms with Crippen LogP contribution < -0.4 is 5.73 Å². The van der Waals surface area contributed by atoms with Gasteiger partial charge in [0.15, 0.2) is 0 Å². The Bertz CT molecular complexity index is 716. The van der Waals surface area contributed by atoms with E-state index < -0.39 is 11.5 Å². The third-order valence-electron chi connectivity index (χ3n) is 4.35. The molecule has 1 saturated heterocycles. The van der Waals surface area contributed by atoms with Crippen LogP contribution in [-0.4, -0.2) is 45.1 Å². The summed E-state index contributed by atoms with van der Waals surface area (Å²) < 4.78 is 1.89. The third kappa shape index (κ3) is 2.85. The Labute approximate surface area is 134 Å². The normalized spacial score (nSPS) is 17.0. The first-order valence-electron chi connectivity index (χ1n) is 7.55. The number of para-hydroxylation sites is 1. The number of hydrogen-bond donors (Lipinski definition) is 2. The number of amides is 2. The molecule has 1 aliphatic heterocycles. The molecule has 6 heteroatoms. The number of carbonyl (C=O) groups is 2. The van der Waals surface area contributed by atoms with E-state index in [0.29, 0.717) is 18.7 Å². The number of piperidine rings is 1. The van der Waals surface area contributed by atoms with E-state index in [-0.39, 0.29) is 18.7 Å². The van der Waals surface area contributed by atoms with Crippen LogP contribution >= 0.6 is 0 Å². The average Bonchev–Trinajstić information content (AvgIpc) is 3.09. The van der Waals surface area contributed by atoms with Gasteiger partial charge in [-0.15, -0.1) is 0 Å². The Hall–Kier alpha value is -2.60. The van der Waals surface area contributed by atoms with Crippen molar-refractivity contribution in [3.8, 4) is 5.69 Å². The average molecular weight is 313 g/mol. The summed E-state index contributed by atoms with van der Waals surface area (Å²) in [6.07, 6.45) is 4.10. The number of hydrogen-bond acceptors (Lipinski definition) is 3. The van der Waals surface area contributed by atoms with Crippen LogP contribution in [0.15, 0.2) is 48.8 Å². The van der Waals surface area contributed by atoms with E-state index in [4.69, 9.17) is 5.73 Å². The summed E-state index contributed by atoms with van der Waals surface area (Å²) in [6, 6.07) is 11.2. The highest BCUT2D eigenvalue weighted by Crippen LogP contribution is 2.24. The van der Waals surface area contributed by atoms with Crippen LogP contribution in [0.1, 0.15) is 23.2 Å². The largest absolute Gasteiger partial charge is 0.380 e. The van der Waals surface area contributed by atoms with Crippen LogP contribution in [0.4, 0.5) is 0 Å². The zero-order valence-electron chi connectivity index (χ0n) is 12.7. The van der Waals surface area contributed by atoms with Crippen molar-refractivity contribution < 1.29 is 14.7 Å². The van der Waals surface area contributed by atoms with Crippen molar-refractivity contribution in [2.75, 3.05) is 13.1 Å². The molecule has 120 valence electrons. The summed E-state index contributed by atoms with van der Waals surface area (Å²) in [5, 5.41) is 10.1. The first-order chi connectivity index (χ1) is 11.0. The van der Waals surface area contributed by atoms with Gasteiger partial charge in [-0.25, -0.2) is 0 Å². The molecule has 1 fully saturated rings. The van der Waals surface area contributed by atoms with Gasteiger partial charge in [-0.05, 0) is 24.3 Å². The van der Waals surface area contributed by atoms with Gasteiger partial charge >= 0.3 is 0 Å². The second-order valence-corrected chi connectivity index (χ2v) is 5.80. The number of aromatic nitrogens is 1. The van der Waals surface area contributed by atoms with Crippen molar-refractivity contribution in [3.05, 3.63) is 54.4 Å². The van der Waals surface area contributed by atoms with E-state index in [1.54, 1.807) is 11.0 Å². The molecule has 0 unspecified atom stereocenters. The van der Waals surface area contributed by atoms with E-state index in [0.717, 1.165) is 5.69 Å². The van der Waals surface area contributed by atoms with Crippen LogP contribution in [0.5, 0.6) is 0 Å². The summed E-state index contributed by atoms with van der Waals surface area (Å²) in [4.78, 5) is 25.8. The maximum absolute atomic E-state index is 12.8. The highest BCUT2D eigenvalue weighted by Gasteiger charge is 2.39. The molecule has 1 aromatic carbocycles. The van der Waals surface area contributed by atoms with Crippen molar-refractivity contribution in [2.45, 2.75) is 18.4 Å². The van der Waals surface area contributed by atoms with Gasteiger partial charge in [0.1, 0.15) is 5.60 Å². The minimum absolute atomic E-state index is 0.110. The van der Waals surface area contributed by atoms with Crippen LogP contribution in [0.25, 0.3) is 5.69 Å². The molecule has 0 spiro atoms. The Balaban J connectivity index is 1.82. The molecule has 3 rings (SSSR count). The Morgan fingerprint density at radius 1 is 1.04 bits per heavy atom. The molecule has 23 heavy (non-hydrogen) atoms. The van der Waals surface area contributed by atoms with Gasteiger partial charge in [-0.3, -0.25) is 9.59 Å². The molecule has 3 N–H and O–H groups in total. The molecule has 1 aromatic heterocycles. The standard InChI is InChI=1S/C17H19N3O3/c18-16(22)17(23)7-11-20(12-8-17)15(21)13-5-1-2-6-14(13)19-9-3-4-10-19/h1-6,9-10,23H,7-8,11-12H2,(H2,18,22). The third-order valence-corrected chi connectivity index (χ3v) is 4.35. The van der Waals surface area contributed by atoms with Gasteiger partial charge in [0.2, 0.25) is 5.91 Å². The van der Waals surface area contributed by atoms with Crippen molar-refractivity contribution >= 4 is 11.8 Å². The number of nitrogens with zero attached hydrogens (tertiary/aromatic N) is 2. The maximum atomic E-state index is 12.8. The zero-order chi connectivity index (χ0) is 16.4. The van der Waals surface area contributed by atoms with Gasteiger partial charge in [-0.1, -0.05) is 12.1 Å². The zero-order valence-corrected chi connectivity index (χ0v) is 12.7. The van der Waals surface area contributed by atoms with Crippen molar-refractivity contribution in [1.29, 1.82) is 0 Å². The van der Waals surface area contributed by atoms with Crippen molar-refractivity contribution in [1.82, 2.24) is 9.47 Å². The Morgan fingerprint density at radius 3 is 2.26 bits per heavy atom. The van der Waals surface area contributed by atoms with Crippen molar-refractivity contribution in [2.24, 2.45) is 5.73 Å². The Morgan fingerprint density at radius 2 is 1.65 bits per heavy atom. The number of likely N-dealkylation sites (tertiary alicyclic amines) is 1. The maximum Gasteiger partial charge on any atom is 0.255 e. The molecule has 0 aliphatic carbocycles. The number of nitrogens with two attached hydrogens (primary N) is 1. The fraction of sp³-hybridized carbons (Fsp3) is 0.294. The second kappa shape index (κ2) is 5.89. The fourth-order valence-corrected chi connectivity index (χ4v) is 2.87. The number of benzene rings is 1. The number of aliphatic hydroxyl groups is 1. The molecule has 2 heterocycles. The van der Waals surface area contributed by atoms with E-state index in [1.165, 1.54) is 0 Å². The van der Waals surface area contributed by atoms with Crippen LogP contribution in [0.2, 0.25) is 0 Å². The van der Waals surface area contributed by atoms with Gasteiger partial charge in [0, 0.05) is 38.3 Å². The molecule has 2 aromatic rings. The van der Waals surface area contributed by atoms with Crippen LogP contribution in [0.3, 0.4) is 0 Å². The smallest absolute Gasteiger partial charge is 0.255 e. The number of carbonyl (C=O) groups excluding carboxylic acids is 2. The summed E-state index contributed by atoms with van der Waals surface area (Å²) >= 11 is 0. The van der Waals surface area contributed by atoms with E-state index in [2.05, 4.69) is 0 Å². The lowest BCUT2D eigenvalue weighted by Crippen LogP contribution is -2.53. The van der Waals surface area contributed by atoms with Gasteiger partial charge in [0.25, 0.3) is 5.91 Å². The van der Waals surface area contributed by atoms with Crippen LogP contribution in [0, 0.1) is 0 Å². The quantitative estimate of drug-likeness (QED) is 0.883.